The van der Waals surface area contributed by atoms with E-state index < -0.39 is 0 Å². The summed E-state index contributed by atoms with van der Waals surface area (Å²) in [5.41, 5.74) is 8.69. The summed E-state index contributed by atoms with van der Waals surface area (Å²) >= 11 is 0. The molecule has 4 aromatic rings. The van der Waals surface area contributed by atoms with E-state index in [1.54, 1.807) is 0 Å². The van der Waals surface area contributed by atoms with E-state index in [2.05, 4.69) is 62.4 Å². The zero-order chi connectivity index (χ0) is 26.5. The topological polar surface area (TPSA) is 34.1 Å². The zero-order valence-electron chi connectivity index (χ0n) is 22.6. The summed E-state index contributed by atoms with van der Waals surface area (Å²) in [7, 11) is 0. The number of ketones is 2. The number of hydrogen-bond donors (Lipinski definition) is 0. The SMILES string of the molecule is CCCCCc1ccc(-c2ccc3c(c2)C(=O)c2ccc(-c4ccc(CCCCC)cc4)cc2C3=O)cc1. The summed E-state index contributed by atoms with van der Waals surface area (Å²) in [5, 5.41) is 0. The van der Waals surface area contributed by atoms with Crippen LogP contribution < -0.4 is 0 Å². The first-order chi connectivity index (χ1) is 18.6. The molecule has 0 N–H and O–H groups in total. The van der Waals surface area contributed by atoms with Crippen molar-refractivity contribution in [2.75, 3.05) is 0 Å². The fourth-order valence-corrected chi connectivity index (χ4v) is 5.40. The lowest BCUT2D eigenvalue weighted by Gasteiger charge is -2.19. The van der Waals surface area contributed by atoms with Crippen LogP contribution >= 0.6 is 0 Å². The smallest absolute Gasteiger partial charge is 0.194 e. The molecule has 0 bridgehead atoms. The molecule has 0 heterocycles. The minimum atomic E-state index is -0.0783. The van der Waals surface area contributed by atoms with Crippen LogP contribution in [0.2, 0.25) is 0 Å². The monoisotopic (exact) mass is 500 g/mol. The molecule has 0 spiro atoms. The standard InChI is InChI=1S/C36H36O2/c1-3-5-7-9-25-11-15-27(16-12-25)29-19-21-31-33(23-29)35(37)32-22-20-30(24-34(32)36(31)38)28-17-13-26(14-18-28)10-8-6-4-2/h11-24H,3-10H2,1-2H3. The quantitative estimate of drug-likeness (QED) is 0.179. The highest BCUT2D eigenvalue weighted by molar-refractivity contribution is 6.29. The van der Waals surface area contributed by atoms with E-state index in [1.807, 2.05) is 36.4 Å². The van der Waals surface area contributed by atoms with Crippen molar-refractivity contribution in [2.24, 2.45) is 0 Å². The molecule has 1 aliphatic carbocycles. The van der Waals surface area contributed by atoms with Crippen molar-refractivity contribution in [3.05, 3.63) is 118 Å². The average molecular weight is 501 g/mol. The van der Waals surface area contributed by atoms with Crippen LogP contribution in [0.1, 0.15) is 95.3 Å². The summed E-state index contributed by atoms with van der Waals surface area (Å²) in [5.74, 6) is -0.157. The molecule has 0 atom stereocenters. The second kappa shape index (κ2) is 11.7. The summed E-state index contributed by atoms with van der Waals surface area (Å²) in [4.78, 5) is 27.0. The Morgan fingerprint density at radius 1 is 0.421 bits per heavy atom. The van der Waals surface area contributed by atoms with Gasteiger partial charge in [0.2, 0.25) is 0 Å². The highest BCUT2D eigenvalue weighted by Gasteiger charge is 2.30. The molecule has 0 aromatic heterocycles. The lowest BCUT2D eigenvalue weighted by Crippen LogP contribution is -2.21. The molecule has 1 aliphatic rings. The van der Waals surface area contributed by atoms with E-state index in [9.17, 15) is 9.59 Å². The first-order valence-electron chi connectivity index (χ1n) is 14.1. The predicted molar refractivity (Wildman–Crippen MR) is 157 cm³/mol. The van der Waals surface area contributed by atoms with Crippen molar-refractivity contribution in [2.45, 2.75) is 65.2 Å². The van der Waals surface area contributed by atoms with E-state index in [0.29, 0.717) is 22.3 Å². The Hall–Kier alpha value is -3.78. The van der Waals surface area contributed by atoms with Gasteiger partial charge in [0.25, 0.3) is 0 Å². The molecule has 0 saturated carbocycles. The van der Waals surface area contributed by atoms with E-state index >= 15 is 0 Å². The van der Waals surface area contributed by atoms with Crippen molar-refractivity contribution in [1.29, 1.82) is 0 Å². The van der Waals surface area contributed by atoms with Gasteiger partial charge in [0, 0.05) is 22.3 Å². The average Bonchev–Trinajstić information content (AvgIpc) is 2.96. The van der Waals surface area contributed by atoms with Crippen LogP contribution in [0.3, 0.4) is 0 Å². The van der Waals surface area contributed by atoms with Gasteiger partial charge in [-0.05, 0) is 83.3 Å². The molecule has 0 radical (unpaired) electrons. The van der Waals surface area contributed by atoms with Gasteiger partial charge in [0.1, 0.15) is 0 Å². The maximum atomic E-state index is 13.5. The van der Waals surface area contributed by atoms with E-state index in [0.717, 1.165) is 35.1 Å². The lowest BCUT2D eigenvalue weighted by molar-refractivity contribution is 0.0979. The van der Waals surface area contributed by atoms with Crippen molar-refractivity contribution in [1.82, 2.24) is 0 Å². The summed E-state index contributed by atoms with van der Waals surface area (Å²) < 4.78 is 0. The van der Waals surface area contributed by atoms with Gasteiger partial charge < -0.3 is 0 Å². The molecule has 2 heteroatoms. The number of rotatable bonds is 10. The predicted octanol–water partition coefficient (Wildman–Crippen LogP) is 9.26. The van der Waals surface area contributed by atoms with Gasteiger partial charge in [-0.1, -0.05) is 100 Å². The minimum absolute atomic E-state index is 0.0783. The Balaban J connectivity index is 1.38. The van der Waals surface area contributed by atoms with Crippen LogP contribution in [0, 0.1) is 0 Å². The Morgan fingerprint density at radius 3 is 1.16 bits per heavy atom. The molecule has 0 unspecified atom stereocenters. The number of benzene rings is 4. The molecule has 5 rings (SSSR count). The summed E-state index contributed by atoms with van der Waals surface area (Å²) in [6.45, 7) is 4.44. The highest BCUT2D eigenvalue weighted by atomic mass is 16.1. The number of aryl methyl sites for hydroxylation is 2. The van der Waals surface area contributed by atoms with Gasteiger partial charge in [0.05, 0.1) is 0 Å². The summed E-state index contributed by atoms with van der Waals surface area (Å²) in [6.07, 6.45) is 9.52. The van der Waals surface area contributed by atoms with Crippen molar-refractivity contribution in [3.63, 3.8) is 0 Å². The minimum Gasteiger partial charge on any atom is -0.289 e. The Labute approximate surface area is 226 Å². The molecule has 0 amide bonds. The van der Waals surface area contributed by atoms with Gasteiger partial charge >= 0.3 is 0 Å². The molecule has 192 valence electrons. The van der Waals surface area contributed by atoms with Crippen molar-refractivity contribution >= 4 is 11.6 Å². The largest absolute Gasteiger partial charge is 0.289 e. The van der Waals surface area contributed by atoms with Crippen LogP contribution in [0.4, 0.5) is 0 Å². The normalized spacial score (nSPS) is 12.4. The Morgan fingerprint density at radius 2 is 0.789 bits per heavy atom. The van der Waals surface area contributed by atoms with Crippen LogP contribution in [0.5, 0.6) is 0 Å². The second-order valence-corrected chi connectivity index (χ2v) is 10.5. The summed E-state index contributed by atoms with van der Waals surface area (Å²) in [6, 6.07) is 28.5. The van der Waals surface area contributed by atoms with Crippen molar-refractivity contribution < 1.29 is 9.59 Å². The number of fused-ring (bicyclic) bond motifs is 2. The number of unbranched alkanes of at least 4 members (excludes halogenated alkanes) is 4. The maximum Gasteiger partial charge on any atom is 0.194 e. The van der Waals surface area contributed by atoms with Gasteiger partial charge in [-0.2, -0.15) is 0 Å². The second-order valence-electron chi connectivity index (χ2n) is 10.5. The van der Waals surface area contributed by atoms with E-state index in [4.69, 9.17) is 0 Å². The third-order valence-electron chi connectivity index (χ3n) is 7.73. The van der Waals surface area contributed by atoms with Crippen LogP contribution in [0.15, 0.2) is 84.9 Å². The van der Waals surface area contributed by atoms with Gasteiger partial charge in [-0.25, -0.2) is 0 Å². The fraction of sp³-hybridized carbons (Fsp3) is 0.278. The molecule has 0 fully saturated rings. The van der Waals surface area contributed by atoms with Crippen LogP contribution in [0.25, 0.3) is 22.3 Å². The third kappa shape index (κ3) is 5.41. The van der Waals surface area contributed by atoms with Crippen LogP contribution in [-0.2, 0) is 12.8 Å². The van der Waals surface area contributed by atoms with Gasteiger partial charge in [0.15, 0.2) is 11.6 Å². The molecule has 0 aliphatic heterocycles. The zero-order valence-corrected chi connectivity index (χ0v) is 22.6. The Bertz CT molecular complexity index is 1330. The molecule has 38 heavy (non-hydrogen) atoms. The molecular formula is C36H36O2. The highest BCUT2D eigenvalue weighted by Crippen LogP contribution is 2.33. The third-order valence-corrected chi connectivity index (χ3v) is 7.73. The van der Waals surface area contributed by atoms with Gasteiger partial charge in [-0.15, -0.1) is 0 Å². The molecule has 4 aromatic carbocycles. The lowest BCUT2D eigenvalue weighted by atomic mass is 9.81. The number of carbonyl (C=O) groups excluding carboxylic acids is 2. The molecular weight excluding hydrogens is 464 g/mol. The van der Waals surface area contributed by atoms with E-state index in [1.165, 1.54) is 49.7 Å². The first-order valence-corrected chi connectivity index (χ1v) is 14.1. The molecule has 2 nitrogen and oxygen atoms in total. The van der Waals surface area contributed by atoms with Crippen LogP contribution in [-0.4, -0.2) is 11.6 Å². The van der Waals surface area contributed by atoms with Gasteiger partial charge in [-0.3, -0.25) is 9.59 Å². The van der Waals surface area contributed by atoms with Crippen molar-refractivity contribution in [3.8, 4) is 22.3 Å². The molecule has 0 saturated heterocycles. The Kier molecular flexibility index (Phi) is 7.98. The number of hydrogen-bond acceptors (Lipinski definition) is 2. The maximum absolute atomic E-state index is 13.5. The van der Waals surface area contributed by atoms with E-state index in [-0.39, 0.29) is 11.6 Å². The fourth-order valence-electron chi connectivity index (χ4n) is 5.40. The first kappa shape index (κ1) is 25.9. The number of carbonyl (C=O) groups is 2.